The van der Waals surface area contributed by atoms with Gasteiger partial charge in [0.1, 0.15) is 0 Å². The number of fused-ring (bicyclic) bond motifs is 1. The summed E-state index contributed by atoms with van der Waals surface area (Å²) in [6, 6.07) is 2.81. The summed E-state index contributed by atoms with van der Waals surface area (Å²) in [5, 5.41) is 9.95. The third-order valence-electron chi connectivity index (χ3n) is 2.05. The minimum atomic E-state index is -0.244. The van der Waals surface area contributed by atoms with Gasteiger partial charge in [0, 0.05) is 24.1 Å². The predicted molar refractivity (Wildman–Crippen MR) is 65.4 cm³/mol. The number of nitrogens with zero attached hydrogens (tertiary/aromatic N) is 2. The van der Waals surface area contributed by atoms with Crippen LogP contribution in [0.1, 0.15) is 5.69 Å². The van der Waals surface area contributed by atoms with E-state index in [-0.39, 0.29) is 17.0 Å². The highest BCUT2D eigenvalue weighted by atomic mass is 35.5. The minimum Gasteiger partial charge on any atom is -0.504 e. The maximum absolute atomic E-state index is 11.7. The molecule has 2 aromatic rings. The molecule has 0 radical (unpaired) electrons. The number of rotatable bonds is 2. The van der Waals surface area contributed by atoms with Crippen molar-refractivity contribution < 1.29 is 5.11 Å². The fourth-order valence-corrected chi connectivity index (χ4v) is 2.07. The molecule has 0 aliphatic rings. The molecule has 2 aromatic heterocycles. The van der Waals surface area contributed by atoms with Crippen LogP contribution in [0.25, 0.3) is 5.65 Å². The van der Waals surface area contributed by atoms with Gasteiger partial charge in [0.05, 0.1) is 10.7 Å². The van der Waals surface area contributed by atoms with Crippen molar-refractivity contribution in [3.05, 3.63) is 39.4 Å². The van der Waals surface area contributed by atoms with Gasteiger partial charge in [-0.15, -0.1) is 0 Å². The Morgan fingerprint density at radius 2 is 2.31 bits per heavy atom. The molecule has 2 rings (SSSR count). The first-order chi connectivity index (χ1) is 7.61. The molecule has 0 fully saturated rings. The highest BCUT2D eigenvalue weighted by molar-refractivity contribution is 7.97. The number of hydrogen-bond donors (Lipinski definition) is 1. The molecule has 2 heterocycles. The lowest BCUT2D eigenvalue weighted by molar-refractivity contribution is 0.476. The number of pyridine rings is 1. The van der Waals surface area contributed by atoms with E-state index in [0.29, 0.717) is 16.5 Å². The Hall–Kier alpha value is -1.20. The average molecular weight is 257 g/mol. The summed E-state index contributed by atoms with van der Waals surface area (Å²) in [6.45, 7) is 0. The molecule has 0 spiro atoms. The van der Waals surface area contributed by atoms with E-state index >= 15 is 0 Å². The third kappa shape index (κ3) is 2.01. The van der Waals surface area contributed by atoms with E-state index in [9.17, 15) is 9.90 Å². The number of aromatic hydroxyl groups is 1. The Balaban J connectivity index is 2.77. The van der Waals surface area contributed by atoms with E-state index in [4.69, 9.17) is 11.6 Å². The summed E-state index contributed by atoms with van der Waals surface area (Å²) in [6.07, 6.45) is 3.36. The molecule has 16 heavy (non-hydrogen) atoms. The van der Waals surface area contributed by atoms with Crippen LogP contribution < -0.4 is 5.56 Å². The lowest BCUT2D eigenvalue weighted by atomic mass is 10.4. The zero-order valence-corrected chi connectivity index (χ0v) is 10.0. The second-order valence-corrected chi connectivity index (χ2v) is 4.56. The van der Waals surface area contributed by atoms with Gasteiger partial charge >= 0.3 is 0 Å². The number of halogens is 1. The first-order valence-electron chi connectivity index (χ1n) is 4.51. The molecule has 0 aliphatic carbocycles. The van der Waals surface area contributed by atoms with Crippen molar-refractivity contribution in [2.45, 2.75) is 5.75 Å². The summed E-state index contributed by atoms with van der Waals surface area (Å²) in [5.74, 6) is 0.543. The van der Waals surface area contributed by atoms with Crippen molar-refractivity contribution in [2.75, 3.05) is 6.26 Å². The second-order valence-electron chi connectivity index (χ2n) is 3.26. The van der Waals surface area contributed by atoms with Gasteiger partial charge in [-0.1, -0.05) is 11.6 Å². The zero-order chi connectivity index (χ0) is 11.7. The van der Waals surface area contributed by atoms with E-state index in [0.717, 1.165) is 0 Å². The van der Waals surface area contributed by atoms with Gasteiger partial charge in [-0.05, 0) is 6.26 Å². The summed E-state index contributed by atoms with van der Waals surface area (Å²) in [4.78, 5) is 15.9. The Morgan fingerprint density at radius 1 is 1.56 bits per heavy atom. The monoisotopic (exact) mass is 256 g/mol. The summed E-state index contributed by atoms with van der Waals surface area (Å²) in [5.41, 5.74) is 0.642. The minimum absolute atomic E-state index is 0.0902. The molecule has 4 nitrogen and oxygen atoms in total. The molecule has 1 N–H and O–H groups in total. The first kappa shape index (κ1) is 11.3. The topological polar surface area (TPSA) is 54.6 Å². The Labute approximate surface area is 101 Å². The summed E-state index contributed by atoms with van der Waals surface area (Å²) < 4.78 is 1.24. The fourth-order valence-electron chi connectivity index (χ4n) is 1.42. The van der Waals surface area contributed by atoms with E-state index in [1.807, 2.05) is 6.26 Å². The Morgan fingerprint density at radius 3 is 3.00 bits per heavy atom. The van der Waals surface area contributed by atoms with Gasteiger partial charge in [-0.25, -0.2) is 4.98 Å². The van der Waals surface area contributed by atoms with E-state index < -0.39 is 0 Å². The second kappa shape index (κ2) is 4.35. The third-order valence-corrected chi connectivity index (χ3v) is 2.84. The van der Waals surface area contributed by atoms with Crippen molar-refractivity contribution >= 4 is 29.0 Å². The Bertz CT molecular complexity index is 597. The van der Waals surface area contributed by atoms with Crippen LogP contribution in [0.5, 0.6) is 5.75 Å². The van der Waals surface area contributed by atoms with Crippen molar-refractivity contribution in [2.24, 2.45) is 0 Å². The largest absolute Gasteiger partial charge is 0.504 e. The van der Waals surface area contributed by atoms with Crippen molar-refractivity contribution in [1.29, 1.82) is 0 Å². The molecule has 0 unspecified atom stereocenters. The molecule has 0 saturated carbocycles. The van der Waals surface area contributed by atoms with E-state index in [1.54, 1.807) is 11.8 Å². The van der Waals surface area contributed by atoms with Crippen LogP contribution in [0.3, 0.4) is 0 Å². The lowest BCUT2D eigenvalue weighted by Gasteiger charge is -2.05. The maximum atomic E-state index is 11.7. The van der Waals surface area contributed by atoms with Gasteiger partial charge in [-0.3, -0.25) is 9.20 Å². The van der Waals surface area contributed by atoms with Gasteiger partial charge in [0.25, 0.3) is 5.56 Å². The van der Waals surface area contributed by atoms with Crippen molar-refractivity contribution in [3.8, 4) is 5.75 Å². The van der Waals surface area contributed by atoms with Crippen LogP contribution >= 0.6 is 23.4 Å². The number of hydrogen-bond acceptors (Lipinski definition) is 4. The van der Waals surface area contributed by atoms with E-state index in [2.05, 4.69) is 4.98 Å². The molecule has 0 atom stereocenters. The molecular formula is C10H9ClN2O2S. The molecular weight excluding hydrogens is 248 g/mol. The lowest BCUT2D eigenvalue weighted by Crippen LogP contribution is -2.15. The van der Waals surface area contributed by atoms with Gasteiger partial charge in [-0.2, -0.15) is 11.8 Å². The van der Waals surface area contributed by atoms with Crippen LogP contribution in [-0.4, -0.2) is 20.7 Å². The van der Waals surface area contributed by atoms with Gasteiger partial charge < -0.3 is 5.11 Å². The molecule has 0 aliphatic heterocycles. The molecule has 84 valence electrons. The highest BCUT2D eigenvalue weighted by Gasteiger charge is 2.07. The standard InChI is InChI=1S/C10H9ClN2O2S/c1-16-5-7-3-9(15)13-4-6(11)2-8(14)10(13)12-7/h2-4,14H,5H2,1H3. The number of aromatic nitrogens is 2. The van der Waals surface area contributed by atoms with Crippen LogP contribution in [-0.2, 0) is 5.75 Å². The number of thioether (sulfide) groups is 1. The molecule has 0 amide bonds. The Kier molecular flexibility index (Phi) is 3.07. The van der Waals surface area contributed by atoms with Gasteiger partial charge in [0.2, 0.25) is 0 Å². The quantitative estimate of drug-likeness (QED) is 0.892. The van der Waals surface area contributed by atoms with Crippen molar-refractivity contribution in [3.63, 3.8) is 0 Å². The van der Waals surface area contributed by atoms with Crippen LogP contribution in [0.4, 0.5) is 0 Å². The van der Waals surface area contributed by atoms with Crippen LogP contribution in [0, 0.1) is 0 Å². The zero-order valence-electron chi connectivity index (χ0n) is 8.48. The molecule has 6 heteroatoms. The molecule has 0 saturated heterocycles. The smallest absolute Gasteiger partial charge is 0.258 e. The highest BCUT2D eigenvalue weighted by Crippen LogP contribution is 2.20. The van der Waals surface area contributed by atoms with Crippen LogP contribution in [0.2, 0.25) is 5.02 Å². The van der Waals surface area contributed by atoms with E-state index in [1.165, 1.54) is 22.7 Å². The van der Waals surface area contributed by atoms with Gasteiger partial charge in [0.15, 0.2) is 11.4 Å². The summed E-state index contributed by atoms with van der Waals surface area (Å²) in [7, 11) is 0. The molecule has 0 bridgehead atoms. The summed E-state index contributed by atoms with van der Waals surface area (Å²) >= 11 is 7.31. The fraction of sp³-hybridized carbons (Fsp3) is 0.200. The van der Waals surface area contributed by atoms with Crippen LogP contribution in [0.15, 0.2) is 23.1 Å². The molecule has 0 aromatic carbocycles. The first-order valence-corrected chi connectivity index (χ1v) is 6.29. The maximum Gasteiger partial charge on any atom is 0.258 e. The normalized spacial score (nSPS) is 10.9. The van der Waals surface area contributed by atoms with Crippen molar-refractivity contribution in [1.82, 2.24) is 9.38 Å². The average Bonchev–Trinajstić information content (AvgIpc) is 2.20. The predicted octanol–water partition coefficient (Wildman–Crippen LogP) is 1.92. The SMILES string of the molecule is CSCc1cc(=O)n2cc(Cl)cc(O)c2n1.